The summed E-state index contributed by atoms with van der Waals surface area (Å²) in [5.74, 6) is 3.98. The average Bonchev–Trinajstić information content (AvgIpc) is 3.07. The number of aliphatic imine (C=N–C) groups is 1. The molecule has 2 aliphatic rings. The topological polar surface area (TPSA) is 67.1 Å². The Labute approximate surface area is 175 Å². The number of nitrogens with one attached hydrogen (secondary N) is 2. The Morgan fingerprint density at radius 3 is 2.77 bits per heavy atom. The maximum atomic E-state index is 4.72. The summed E-state index contributed by atoms with van der Waals surface area (Å²) in [6, 6.07) is 0. The number of fused-ring (bicyclic) bond motifs is 1. The van der Waals surface area contributed by atoms with Crippen molar-refractivity contribution < 1.29 is 0 Å². The number of aryl methyl sites for hydroxylation is 1. The standard InChI is InChI=1S/C19H34N6.HI/c1-2-20-19(21-13-8-11-16-9-4-3-5-10-16)22-15-18-24-23-17-12-6-7-14-25(17)18;/h16H,2-15H2,1H3,(H2,20,21,22);1H. The molecule has 0 unspecified atom stereocenters. The van der Waals surface area contributed by atoms with Gasteiger partial charge < -0.3 is 15.2 Å². The predicted molar refractivity (Wildman–Crippen MR) is 117 cm³/mol. The zero-order valence-corrected chi connectivity index (χ0v) is 18.5. The Morgan fingerprint density at radius 1 is 1.12 bits per heavy atom. The molecule has 1 aliphatic carbocycles. The normalized spacial score (nSPS) is 18.1. The maximum absolute atomic E-state index is 4.72. The first kappa shape index (κ1) is 21.4. The number of aromatic nitrogens is 3. The second kappa shape index (κ2) is 11.8. The minimum Gasteiger partial charge on any atom is -0.357 e. The third kappa shape index (κ3) is 6.39. The molecule has 0 spiro atoms. The third-order valence-corrected chi connectivity index (χ3v) is 5.47. The molecule has 1 aliphatic heterocycles. The Balaban J connectivity index is 0.00000243. The molecule has 0 amide bonds. The number of hydrogen-bond donors (Lipinski definition) is 2. The lowest BCUT2D eigenvalue weighted by molar-refractivity contribution is 0.332. The minimum absolute atomic E-state index is 0. The van der Waals surface area contributed by atoms with Crippen LogP contribution in [0.3, 0.4) is 0 Å². The van der Waals surface area contributed by atoms with Crippen LogP contribution in [0.2, 0.25) is 0 Å². The van der Waals surface area contributed by atoms with Gasteiger partial charge in [-0.05, 0) is 38.5 Å². The van der Waals surface area contributed by atoms with E-state index in [1.165, 1.54) is 57.8 Å². The maximum Gasteiger partial charge on any atom is 0.191 e. The Kier molecular flexibility index (Phi) is 9.71. The summed E-state index contributed by atoms with van der Waals surface area (Å²) >= 11 is 0. The van der Waals surface area contributed by atoms with Gasteiger partial charge in [0.05, 0.1) is 0 Å². The van der Waals surface area contributed by atoms with Crippen molar-refractivity contribution in [3.8, 4) is 0 Å². The third-order valence-electron chi connectivity index (χ3n) is 5.47. The van der Waals surface area contributed by atoms with E-state index in [1.54, 1.807) is 0 Å². The van der Waals surface area contributed by atoms with Gasteiger partial charge in [0, 0.05) is 26.1 Å². The quantitative estimate of drug-likeness (QED) is 0.274. The highest BCUT2D eigenvalue weighted by atomic mass is 127. The fourth-order valence-corrected chi connectivity index (χ4v) is 4.05. The molecule has 0 atom stereocenters. The van der Waals surface area contributed by atoms with Crippen molar-refractivity contribution in [2.45, 2.75) is 84.2 Å². The van der Waals surface area contributed by atoms with Crippen molar-refractivity contribution in [1.82, 2.24) is 25.4 Å². The van der Waals surface area contributed by atoms with Crippen LogP contribution < -0.4 is 10.6 Å². The van der Waals surface area contributed by atoms with Gasteiger partial charge in [-0.15, -0.1) is 34.2 Å². The van der Waals surface area contributed by atoms with Crippen LogP contribution in [0.4, 0.5) is 0 Å². The van der Waals surface area contributed by atoms with Crippen LogP contribution in [-0.4, -0.2) is 33.8 Å². The van der Waals surface area contributed by atoms with Gasteiger partial charge in [-0.3, -0.25) is 0 Å². The van der Waals surface area contributed by atoms with Crippen LogP contribution in [-0.2, 0) is 19.5 Å². The van der Waals surface area contributed by atoms with E-state index in [4.69, 9.17) is 4.99 Å². The van der Waals surface area contributed by atoms with Crippen LogP contribution in [0.5, 0.6) is 0 Å². The second-order valence-electron chi connectivity index (χ2n) is 7.41. The molecule has 1 saturated carbocycles. The molecule has 0 aromatic carbocycles. The zero-order chi connectivity index (χ0) is 17.3. The highest BCUT2D eigenvalue weighted by molar-refractivity contribution is 14.0. The molecule has 0 bridgehead atoms. The summed E-state index contributed by atoms with van der Waals surface area (Å²) in [6.45, 7) is 5.63. The number of rotatable bonds is 7. The minimum atomic E-state index is 0. The van der Waals surface area contributed by atoms with E-state index >= 15 is 0 Å². The molecule has 6 nitrogen and oxygen atoms in total. The Bertz CT molecular complexity index is 550. The van der Waals surface area contributed by atoms with Gasteiger partial charge in [0.1, 0.15) is 12.4 Å². The second-order valence-corrected chi connectivity index (χ2v) is 7.41. The van der Waals surface area contributed by atoms with E-state index in [0.29, 0.717) is 6.54 Å². The van der Waals surface area contributed by atoms with Gasteiger partial charge in [0.2, 0.25) is 0 Å². The SMILES string of the molecule is CCNC(=NCc1nnc2n1CCCC2)NCCCC1CCCCC1.I. The largest absolute Gasteiger partial charge is 0.357 e. The molecule has 0 radical (unpaired) electrons. The first-order valence-corrected chi connectivity index (χ1v) is 10.3. The number of hydrogen-bond acceptors (Lipinski definition) is 3. The molecule has 148 valence electrons. The number of halogens is 1. The van der Waals surface area contributed by atoms with Crippen molar-refractivity contribution in [3.05, 3.63) is 11.6 Å². The van der Waals surface area contributed by atoms with E-state index in [1.807, 2.05) is 0 Å². The first-order valence-electron chi connectivity index (χ1n) is 10.3. The van der Waals surface area contributed by atoms with Crippen molar-refractivity contribution in [2.75, 3.05) is 13.1 Å². The molecule has 0 saturated heterocycles. The summed E-state index contributed by atoms with van der Waals surface area (Å²) in [6.07, 6.45) is 13.3. The van der Waals surface area contributed by atoms with E-state index in [9.17, 15) is 0 Å². The van der Waals surface area contributed by atoms with Gasteiger partial charge in [-0.1, -0.05) is 32.1 Å². The molecular formula is C19H35IN6. The van der Waals surface area contributed by atoms with Gasteiger partial charge in [-0.2, -0.15) is 0 Å². The highest BCUT2D eigenvalue weighted by Gasteiger charge is 2.15. The van der Waals surface area contributed by atoms with Crippen molar-refractivity contribution >= 4 is 29.9 Å². The van der Waals surface area contributed by atoms with Gasteiger partial charge in [0.15, 0.2) is 11.8 Å². The van der Waals surface area contributed by atoms with E-state index < -0.39 is 0 Å². The summed E-state index contributed by atoms with van der Waals surface area (Å²) in [7, 11) is 0. The van der Waals surface area contributed by atoms with Crippen LogP contribution in [0.15, 0.2) is 4.99 Å². The van der Waals surface area contributed by atoms with Crippen LogP contribution in [0.25, 0.3) is 0 Å². The van der Waals surface area contributed by atoms with Crippen LogP contribution in [0, 0.1) is 5.92 Å². The molecule has 7 heteroatoms. The number of nitrogens with zero attached hydrogens (tertiary/aromatic N) is 4. The fourth-order valence-electron chi connectivity index (χ4n) is 4.05. The lowest BCUT2D eigenvalue weighted by Crippen LogP contribution is -2.38. The molecule has 3 rings (SSSR count). The molecule has 1 aromatic heterocycles. The molecule has 2 N–H and O–H groups in total. The average molecular weight is 474 g/mol. The van der Waals surface area contributed by atoms with Crippen molar-refractivity contribution in [1.29, 1.82) is 0 Å². The lowest BCUT2D eigenvalue weighted by Gasteiger charge is -2.21. The fraction of sp³-hybridized carbons (Fsp3) is 0.842. The molecule has 2 heterocycles. The zero-order valence-electron chi connectivity index (χ0n) is 16.2. The monoisotopic (exact) mass is 474 g/mol. The van der Waals surface area contributed by atoms with E-state index in [2.05, 4.69) is 32.3 Å². The Hall–Kier alpha value is -0.860. The van der Waals surface area contributed by atoms with Gasteiger partial charge >= 0.3 is 0 Å². The van der Waals surface area contributed by atoms with Crippen molar-refractivity contribution in [2.24, 2.45) is 10.9 Å². The highest BCUT2D eigenvalue weighted by Crippen LogP contribution is 2.26. The summed E-state index contributed by atoms with van der Waals surface area (Å²) < 4.78 is 2.25. The van der Waals surface area contributed by atoms with Crippen molar-refractivity contribution in [3.63, 3.8) is 0 Å². The smallest absolute Gasteiger partial charge is 0.191 e. The van der Waals surface area contributed by atoms with Gasteiger partial charge in [0.25, 0.3) is 0 Å². The molecular weight excluding hydrogens is 439 g/mol. The molecule has 1 aromatic rings. The van der Waals surface area contributed by atoms with Crippen LogP contribution in [0.1, 0.15) is 76.4 Å². The lowest BCUT2D eigenvalue weighted by atomic mass is 9.86. The van der Waals surface area contributed by atoms with Gasteiger partial charge in [-0.25, -0.2) is 4.99 Å². The molecule has 1 fully saturated rings. The summed E-state index contributed by atoms with van der Waals surface area (Å²) in [5.41, 5.74) is 0. The Morgan fingerprint density at radius 2 is 1.96 bits per heavy atom. The molecule has 26 heavy (non-hydrogen) atoms. The van der Waals surface area contributed by atoms with Crippen LogP contribution >= 0.6 is 24.0 Å². The predicted octanol–water partition coefficient (Wildman–Crippen LogP) is 3.65. The summed E-state index contributed by atoms with van der Waals surface area (Å²) in [4.78, 5) is 4.72. The summed E-state index contributed by atoms with van der Waals surface area (Å²) in [5, 5.41) is 15.5. The van der Waals surface area contributed by atoms with E-state index in [-0.39, 0.29) is 24.0 Å². The van der Waals surface area contributed by atoms with E-state index in [0.717, 1.165) is 49.6 Å². The first-order chi connectivity index (χ1) is 12.4. The number of guanidine groups is 1.